The van der Waals surface area contributed by atoms with Gasteiger partial charge in [0.1, 0.15) is 0 Å². The fourth-order valence-electron chi connectivity index (χ4n) is 5.30. The van der Waals surface area contributed by atoms with Crippen LogP contribution in [0.15, 0.2) is 0 Å². The Hall–Kier alpha value is -0.510. The molecule has 0 aliphatic heterocycles. The maximum atomic E-state index is 9.35. The number of nitriles is 1. The molecule has 0 radical (unpaired) electrons. The van der Waals surface area contributed by atoms with Gasteiger partial charge in [0, 0.05) is 5.92 Å². The van der Waals surface area contributed by atoms with Crippen molar-refractivity contribution in [2.45, 2.75) is 116 Å². The summed E-state index contributed by atoms with van der Waals surface area (Å²) in [6.45, 7) is 2.25. The zero-order valence-corrected chi connectivity index (χ0v) is 16.3. The van der Waals surface area contributed by atoms with Gasteiger partial charge in [0.05, 0.1) is 6.07 Å². The number of hydrogen-bond donors (Lipinski definition) is 0. The molecule has 2 saturated carbocycles. The monoisotopic (exact) mass is 331 g/mol. The van der Waals surface area contributed by atoms with Gasteiger partial charge in [-0.2, -0.15) is 5.26 Å². The first-order valence-electron chi connectivity index (χ1n) is 11.2. The first-order valence-corrected chi connectivity index (χ1v) is 11.2. The Morgan fingerprint density at radius 2 is 1.46 bits per heavy atom. The topological polar surface area (TPSA) is 23.8 Å². The van der Waals surface area contributed by atoms with Crippen LogP contribution in [0.2, 0.25) is 0 Å². The van der Waals surface area contributed by atoms with Crippen molar-refractivity contribution < 1.29 is 0 Å². The average molecular weight is 332 g/mol. The van der Waals surface area contributed by atoms with E-state index in [4.69, 9.17) is 0 Å². The zero-order chi connectivity index (χ0) is 17.0. The van der Waals surface area contributed by atoms with Crippen LogP contribution in [-0.2, 0) is 0 Å². The molecule has 2 aliphatic carbocycles. The number of hydrogen-bond acceptors (Lipinski definition) is 1. The van der Waals surface area contributed by atoms with Gasteiger partial charge in [-0.15, -0.1) is 0 Å². The molecule has 0 heterocycles. The van der Waals surface area contributed by atoms with Crippen LogP contribution in [0.1, 0.15) is 116 Å². The average Bonchev–Trinajstić information content (AvgIpc) is 2.65. The van der Waals surface area contributed by atoms with Crippen LogP contribution in [0.3, 0.4) is 0 Å². The Balaban J connectivity index is 1.54. The molecule has 1 unspecified atom stereocenters. The van der Waals surface area contributed by atoms with Crippen molar-refractivity contribution in [1.82, 2.24) is 0 Å². The minimum absolute atomic E-state index is 0.334. The molecule has 2 aliphatic rings. The maximum Gasteiger partial charge on any atom is 0.0655 e. The first kappa shape index (κ1) is 19.8. The minimum Gasteiger partial charge on any atom is -0.198 e. The largest absolute Gasteiger partial charge is 0.198 e. The van der Waals surface area contributed by atoms with Crippen LogP contribution in [-0.4, -0.2) is 0 Å². The zero-order valence-electron chi connectivity index (χ0n) is 16.3. The second-order valence-electron chi connectivity index (χ2n) is 8.79. The van der Waals surface area contributed by atoms with Gasteiger partial charge in [0.15, 0.2) is 0 Å². The second kappa shape index (κ2) is 11.9. The molecule has 0 bridgehead atoms. The van der Waals surface area contributed by atoms with Gasteiger partial charge < -0.3 is 0 Å². The van der Waals surface area contributed by atoms with E-state index in [-0.39, 0.29) is 0 Å². The molecule has 0 aromatic carbocycles. The Morgan fingerprint density at radius 3 is 2.12 bits per heavy atom. The molecule has 2 rings (SSSR count). The van der Waals surface area contributed by atoms with Crippen molar-refractivity contribution in [2.24, 2.45) is 23.7 Å². The third-order valence-electron chi connectivity index (χ3n) is 6.96. The van der Waals surface area contributed by atoms with Crippen LogP contribution in [0.4, 0.5) is 0 Å². The minimum atomic E-state index is 0.334. The molecule has 2 fully saturated rings. The van der Waals surface area contributed by atoms with Gasteiger partial charge in [0.25, 0.3) is 0 Å². The summed E-state index contributed by atoms with van der Waals surface area (Å²) in [7, 11) is 0. The van der Waals surface area contributed by atoms with Crippen LogP contribution in [0.5, 0.6) is 0 Å². The molecule has 1 atom stereocenters. The van der Waals surface area contributed by atoms with Crippen LogP contribution in [0, 0.1) is 35.0 Å². The first-order chi connectivity index (χ1) is 11.8. The summed E-state index contributed by atoms with van der Waals surface area (Å²) in [4.78, 5) is 0. The molecule has 1 nitrogen and oxygen atoms in total. The molecular formula is C23H41N. The van der Waals surface area contributed by atoms with E-state index in [9.17, 15) is 5.26 Å². The van der Waals surface area contributed by atoms with E-state index in [0.29, 0.717) is 5.92 Å². The fourth-order valence-corrected chi connectivity index (χ4v) is 5.30. The second-order valence-corrected chi connectivity index (χ2v) is 8.79. The highest BCUT2D eigenvalue weighted by Gasteiger charge is 2.28. The predicted octanol–water partition coefficient (Wildman–Crippen LogP) is 7.65. The highest BCUT2D eigenvalue weighted by Crippen LogP contribution is 2.41. The van der Waals surface area contributed by atoms with Crippen molar-refractivity contribution in [1.29, 1.82) is 5.26 Å². The van der Waals surface area contributed by atoms with Crippen molar-refractivity contribution in [2.75, 3.05) is 0 Å². The third kappa shape index (κ3) is 7.16. The summed E-state index contributed by atoms with van der Waals surface area (Å²) in [5.41, 5.74) is 0. The molecule has 0 aromatic heterocycles. The van der Waals surface area contributed by atoms with Gasteiger partial charge in [-0.05, 0) is 43.4 Å². The summed E-state index contributed by atoms with van der Waals surface area (Å²) in [6, 6.07) is 2.57. The molecule has 138 valence electrons. The van der Waals surface area contributed by atoms with Crippen LogP contribution < -0.4 is 0 Å². The van der Waals surface area contributed by atoms with E-state index < -0.39 is 0 Å². The molecule has 24 heavy (non-hydrogen) atoms. The van der Waals surface area contributed by atoms with Crippen molar-refractivity contribution in [3.8, 4) is 6.07 Å². The van der Waals surface area contributed by atoms with E-state index in [2.05, 4.69) is 13.0 Å². The summed E-state index contributed by atoms with van der Waals surface area (Å²) in [5.74, 6) is 3.45. The van der Waals surface area contributed by atoms with Gasteiger partial charge in [-0.25, -0.2) is 0 Å². The summed E-state index contributed by atoms with van der Waals surface area (Å²) >= 11 is 0. The highest BCUT2D eigenvalue weighted by atomic mass is 14.3. The van der Waals surface area contributed by atoms with E-state index in [1.54, 1.807) is 0 Å². The Labute approximate surface area is 151 Å². The molecule has 0 spiro atoms. The molecular weight excluding hydrogens is 290 g/mol. The fraction of sp³-hybridized carbons (Fsp3) is 0.957. The SMILES string of the molecule is CCCCCCC(C#N)CCC[C@H]1CC[C@H](C2CCCCC2)CC1. The molecule has 0 aromatic rings. The van der Waals surface area contributed by atoms with Crippen molar-refractivity contribution >= 4 is 0 Å². The van der Waals surface area contributed by atoms with Crippen LogP contribution >= 0.6 is 0 Å². The number of rotatable bonds is 10. The summed E-state index contributed by atoms with van der Waals surface area (Å²) in [6.07, 6.45) is 23.7. The normalized spacial score (nSPS) is 26.8. The Morgan fingerprint density at radius 1 is 0.792 bits per heavy atom. The van der Waals surface area contributed by atoms with E-state index in [1.807, 2.05) is 0 Å². The van der Waals surface area contributed by atoms with E-state index in [1.165, 1.54) is 96.3 Å². The van der Waals surface area contributed by atoms with E-state index >= 15 is 0 Å². The standard InChI is InChI=1S/C23H41N/c1-2-3-4-6-10-21(19-24)12-9-11-20-15-17-23(18-16-20)22-13-7-5-8-14-22/h20-23H,2-18H2,1H3/t20-,21?,23-. The molecule has 0 amide bonds. The summed E-state index contributed by atoms with van der Waals surface area (Å²) in [5, 5.41) is 9.35. The van der Waals surface area contributed by atoms with Gasteiger partial charge in [-0.3, -0.25) is 0 Å². The smallest absolute Gasteiger partial charge is 0.0655 e. The maximum absolute atomic E-state index is 9.35. The lowest BCUT2D eigenvalue weighted by molar-refractivity contribution is 0.162. The van der Waals surface area contributed by atoms with Crippen molar-refractivity contribution in [3.05, 3.63) is 0 Å². The van der Waals surface area contributed by atoms with Crippen LogP contribution in [0.25, 0.3) is 0 Å². The van der Waals surface area contributed by atoms with Gasteiger partial charge in [0.2, 0.25) is 0 Å². The summed E-state index contributed by atoms with van der Waals surface area (Å²) < 4.78 is 0. The highest BCUT2D eigenvalue weighted by molar-refractivity contribution is 4.83. The lowest BCUT2D eigenvalue weighted by Crippen LogP contribution is -2.23. The molecule has 0 saturated heterocycles. The van der Waals surface area contributed by atoms with Gasteiger partial charge >= 0.3 is 0 Å². The Bertz CT molecular complexity index is 342. The van der Waals surface area contributed by atoms with Gasteiger partial charge in [-0.1, -0.05) is 90.4 Å². The molecule has 1 heteroatoms. The lowest BCUT2D eigenvalue weighted by Gasteiger charge is -2.36. The third-order valence-corrected chi connectivity index (χ3v) is 6.96. The predicted molar refractivity (Wildman–Crippen MR) is 104 cm³/mol. The number of unbranched alkanes of at least 4 members (excludes halogenated alkanes) is 3. The lowest BCUT2D eigenvalue weighted by atomic mass is 9.70. The quantitative estimate of drug-likeness (QED) is 0.377. The number of nitrogens with zero attached hydrogens (tertiary/aromatic N) is 1. The van der Waals surface area contributed by atoms with Crippen molar-refractivity contribution in [3.63, 3.8) is 0 Å². The Kier molecular flexibility index (Phi) is 9.86. The molecule has 0 N–H and O–H groups in total. The van der Waals surface area contributed by atoms with E-state index in [0.717, 1.165) is 30.6 Å².